The first kappa shape index (κ1) is 26.5. The Bertz CT molecular complexity index is 1120. The second kappa shape index (κ2) is 12.0. The standard InChI is InChI=1S/C29H37FN4O/c1-7-10-25(16-31-4)26-17-32-28(33-27(26)21(3)13-14-29(30)19-35-20-29)24-12-9-11-23(15-24)22(8-2)18-34(5)6/h8-12,15-18,21H,2,7,13-14,19-20H2,1,3-6H3/b22-18+,25-10+,31-16?. The zero-order chi connectivity index (χ0) is 25.4. The molecule has 1 aliphatic rings. The van der Waals surface area contributed by atoms with Gasteiger partial charge in [-0.25, -0.2) is 14.4 Å². The topological polar surface area (TPSA) is 50.6 Å². The maximum absolute atomic E-state index is 14.7. The first-order chi connectivity index (χ1) is 16.8. The van der Waals surface area contributed by atoms with E-state index in [1.54, 1.807) is 7.05 Å². The molecule has 5 nitrogen and oxygen atoms in total. The van der Waals surface area contributed by atoms with Crippen molar-refractivity contribution < 1.29 is 9.13 Å². The van der Waals surface area contributed by atoms with Crippen LogP contribution in [-0.4, -0.2) is 61.1 Å². The first-order valence-corrected chi connectivity index (χ1v) is 12.2. The van der Waals surface area contributed by atoms with Crippen LogP contribution in [0.5, 0.6) is 0 Å². The van der Waals surface area contributed by atoms with E-state index in [0.29, 0.717) is 18.7 Å². The largest absolute Gasteiger partial charge is 0.383 e. The molecule has 1 aliphatic heterocycles. The van der Waals surface area contributed by atoms with Crippen molar-refractivity contribution in [2.24, 2.45) is 4.99 Å². The summed E-state index contributed by atoms with van der Waals surface area (Å²) in [6.07, 6.45) is 11.7. The third-order valence-electron chi connectivity index (χ3n) is 6.11. The highest BCUT2D eigenvalue weighted by atomic mass is 19.1. The van der Waals surface area contributed by atoms with Crippen molar-refractivity contribution in [3.05, 3.63) is 72.2 Å². The minimum absolute atomic E-state index is 0.0473. The van der Waals surface area contributed by atoms with Crippen molar-refractivity contribution in [1.82, 2.24) is 14.9 Å². The molecule has 1 aromatic carbocycles. The van der Waals surface area contributed by atoms with Crippen LogP contribution in [0.25, 0.3) is 22.5 Å². The predicted octanol–water partition coefficient (Wildman–Crippen LogP) is 6.35. The van der Waals surface area contributed by atoms with Crippen LogP contribution in [0.1, 0.15) is 55.8 Å². The summed E-state index contributed by atoms with van der Waals surface area (Å²) in [4.78, 5) is 16.0. The quantitative estimate of drug-likeness (QED) is 0.280. The lowest BCUT2D eigenvalue weighted by Crippen LogP contribution is -2.45. The molecule has 0 bridgehead atoms. The SMILES string of the molecule is C=C/C(=C\N(C)C)c1cccc(-c2ncc(/C(C=NC)=C/CC)c(C(C)CCC3(F)COC3)n2)c1. The van der Waals surface area contributed by atoms with E-state index in [0.717, 1.165) is 40.0 Å². The Kier molecular flexibility index (Phi) is 9.10. The van der Waals surface area contributed by atoms with Gasteiger partial charge >= 0.3 is 0 Å². The number of benzene rings is 1. The van der Waals surface area contributed by atoms with Gasteiger partial charge in [0.1, 0.15) is 0 Å². The van der Waals surface area contributed by atoms with Gasteiger partial charge < -0.3 is 9.64 Å². The van der Waals surface area contributed by atoms with E-state index in [9.17, 15) is 4.39 Å². The number of ether oxygens (including phenoxy) is 1. The highest BCUT2D eigenvalue weighted by molar-refractivity contribution is 6.10. The van der Waals surface area contributed by atoms with Crippen LogP contribution in [0.3, 0.4) is 0 Å². The number of rotatable bonds is 11. The van der Waals surface area contributed by atoms with Gasteiger partial charge in [0.25, 0.3) is 0 Å². The van der Waals surface area contributed by atoms with Gasteiger partial charge in [-0.1, -0.05) is 50.8 Å². The second-order valence-electron chi connectivity index (χ2n) is 9.36. The molecule has 1 atom stereocenters. The average Bonchev–Trinajstić information content (AvgIpc) is 2.84. The number of hydrogen-bond donors (Lipinski definition) is 0. The zero-order valence-electron chi connectivity index (χ0n) is 21.6. The monoisotopic (exact) mass is 476 g/mol. The van der Waals surface area contributed by atoms with Gasteiger partial charge in [-0.05, 0) is 48.0 Å². The number of aliphatic imine (C=N–C) groups is 1. The first-order valence-electron chi connectivity index (χ1n) is 12.2. The van der Waals surface area contributed by atoms with Gasteiger partial charge in [0.05, 0.1) is 18.9 Å². The molecule has 0 saturated carbocycles. The number of nitrogens with zero attached hydrogens (tertiary/aromatic N) is 4. The summed E-state index contributed by atoms with van der Waals surface area (Å²) >= 11 is 0. The molecular weight excluding hydrogens is 439 g/mol. The number of allylic oxidation sites excluding steroid dienone is 4. The number of aromatic nitrogens is 2. The van der Waals surface area contributed by atoms with Crippen molar-refractivity contribution in [3.63, 3.8) is 0 Å². The molecule has 1 aromatic heterocycles. The molecule has 6 heteroatoms. The molecule has 35 heavy (non-hydrogen) atoms. The number of hydrogen-bond acceptors (Lipinski definition) is 5. The lowest BCUT2D eigenvalue weighted by atomic mass is 9.88. The molecule has 3 rings (SSSR count). The molecular formula is C29H37FN4O. The highest BCUT2D eigenvalue weighted by Crippen LogP contribution is 2.34. The Morgan fingerprint density at radius 2 is 2.09 bits per heavy atom. The Balaban J connectivity index is 2.04. The Morgan fingerprint density at radius 1 is 1.31 bits per heavy atom. The summed E-state index contributed by atoms with van der Waals surface area (Å²) in [6, 6.07) is 8.16. The second-order valence-corrected chi connectivity index (χ2v) is 9.36. The average molecular weight is 477 g/mol. The van der Waals surface area contributed by atoms with Gasteiger partial charge in [0.15, 0.2) is 11.5 Å². The molecule has 0 radical (unpaired) electrons. The summed E-state index contributed by atoms with van der Waals surface area (Å²) in [5, 5.41) is 0. The molecule has 1 saturated heterocycles. The summed E-state index contributed by atoms with van der Waals surface area (Å²) < 4.78 is 19.8. The smallest absolute Gasteiger partial charge is 0.159 e. The maximum Gasteiger partial charge on any atom is 0.159 e. The third-order valence-corrected chi connectivity index (χ3v) is 6.11. The third kappa shape index (κ3) is 6.73. The van der Waals surface area contributed by atoms with Gasteiger partial charge in [-0.15, -0.1) is 0 Å². The Labute approximate surface area is 209 Å². The van der Waals surface area contributed by atoms with Crippen LogP contribution in [0.4, 0.5) is 4.39 Å². The van der Waals surface area contributed by atoms with Crippen molar-refractivity contribution in [1.29, 1.82) is 0 Å². The summed E-state index contributed by atoms with van der Waals surface area (Å²) in [5.74, 6) is 0.697. The van der Waals surface area contributed by atoms with E-state index in [4.69, 9.17) is 14.7 Å². The van der Waals surface area contributed by atoms with Crippen molar-refractivity contribution in [3.8, 4) is 11.4 Å². The number of halogens is 1. The van der Waals surface area contributed by atoms with E-state index in [-0.39, 0.29) is 19.1 Å². The van der Waals surface area contributed by atoms with Crippen LogP contribution in [0.2, 0.25) is 0 Å². The normalized spacial score (nSPS) is 16.7. The molecule has 0 N–H and O–H groups in total. The van der Waals surface area contributed by atoms with Crippen LogP contribution in [-0.2, 0) is 4.74 Å². The predicted molar refractivity (Wildman–Crippen MR) is 144 cm³/mol. The molecule has 0 aliphatic carbocycles. The van der Waals surface area contributed by atoms with Crippen molar-refractivity contribution in [2.75, 3.05) is 34.4 Å². The highest BCUT2D eigenvalue weighted by Gasteiger charge is 2.38. The Morgan fingerprint density at radius 3 is 2.69 bits per heavy atom. The van der Waals surface area contributed by atoms with E-state index < -0.39 is 5.67 Å². The van der Waals surface area contributed by atoms with Crippen LogP contribution in [0, 0.1) is 0 Å². The van der Waals surface area contributed by atoms with Crippen molar-refractivity contribution >= 4 is 17.4 Å². The summed E-state index contributed by atoms with van der Waals surface area (Å²) in [5.41, 5.74) is 4.62. The van der Waals surface area contributed by atoms with Crippen LogP contribution in [0.15, 0.2) is 60.4 Å². The minimum Gasteiger partial charge on any atom is -0.383 e. The molecule has 0 amide bonds. The number of alkyl halides is 1. The molecule has 1 fully saturated rings. The molecule has 2 heterocycles. The molecule has 2 aromatic rings. The van der Waals surface area contributed by atoms with E-state index in [1.165, 1.54) is 0 Å². The minimum atomic E-state index is -1.22. The Hall–Kier alpha value is -3.12. The molecule has 186 valence electrons. The molecule has 1 unspecified atom stereocenters. The van der Waals surface area contributed by atoms with Gasteiger partial charge in [-0.3, -0.25) is 4.99 Å². The summed E-state index contributed by atoms with van der Waals surface area (Å²) in [6.45, 7) is 8.53. The van der Waals surface area contributed by atoms with Gasteiger partial charge in [0.2, 0.25) is 0 Å². The zero-order valence-corrected chi connectivity index (χ0v) is 21.6. The van der Waals surface area contributed by atoms with Crippen LogP contribution >= 0.6 is 0 Å². The summed E-state index contributed by atoms with van der Waals surface area (Å²) in [7, 11) is 5.73. The maximum atomic E-state index is 14.7. The van der Waals surface area contributed by atoms with Gasteiger partial charge in [0, 0.05) is 50.9 Å². The van der Waals surface area contributed by atoms with E-state index in [1.807, 2.05) is 55.8 Å². The fraction of sp³-hybridized carbons (Fsp3) is 0.414. The molecule has 0 spiro atoms. The fourth-order valence-electron chi connectivity index (χ4n) is 4.16. The fourth-order valence-corrected chi connectivity index (χ4v) is 4.16. The lowest BCUT2D eigenvalue weighted by Gasteiger charge is -2.34. The van der Waals surface area contributed by atoms with E-state index in [2.05, 4.69) is 43.6 Å². The van der Waals surface area contributed by atoms with Gasteiger partial charge in [-0.2, -0.15) is 0 Å². The lowest BCUT2D eigenvalue weighted by molar-refractivity contribution is -0.134. The van der Waals surface area contributed by atoms with Crippen LogP contribution < -0.4 is 0 Å². The van der Waals surface area contributed by atoms with E-state index >= 15 is 0 Å². The van der Waals surface area contributed by atoms with Crippen molar-refractivity contribution in [2.45, 2.75) is 44.7 Å².